The van der Waals surface area contributed by atoms with Crippen LogP contribution in [0.15, 0.2) is 32.6 Å². The topological polar surface area (TPSA) is 55.2 Å². The summed E-state index contributed by atoms with van der Waals surface area (Å²) < 4.78 is 2.53. The fraction of sp³-hybridized carbons (Fsp3) is 0.471. The van der Waals surface area contributed by atoms with E-state index in [1.165, 1.54) is 11.8 Å². The Morgan fingerprint density at radius 2 is 2.00 bits per heavy atom. The van der Waals surface area contributed by atoms with Crippen LogP contribution in [0.25, 0.3) is 10.9 Å². The Balaban J connectivity index is 2.38. The first-order valence-electron chi connectivity index (χ1n) is 8.12. The molecule has 2 aromatic rings. The summed E-state index contributed by atoms with van der Waals surface area (Å²) in [6.45, 7) is 7.92. The van der Waals surface area contributed by atoms with Gasteiger partial charge >= 0.3 is 0 Å². The summed E-state index contributed by atoms with van der Waals surface area (Å²) in [5, 5.41) is 1.20. The van der Waals surface area contributed by atoms with Crippen molar-refractivity contribution in [3.8, 4) is 0 Å². The number of rotatable bonds is 7. The number of halogens is 1. The molecule has 7 heteroatoms. The number of carbonyl (C=O) groups excluding carboxylic acids is 1. The number of carbonyl (C=O) groups is 1. The molecule has 0 aliphatic carbocycles. The molecule has 0 fully saturated rings. The van der Waals surface area contributed by atoms with Crippen molar-refractivity contribution in [2.24, 2.45) is 0 Å². The molecule has 1 aromatic carbocycles. The maximum absolute atomic E-state index is 12.8. The molecule has 1 heterocycles. The molecule has 5 nitrogen and oxygen atoms in total. The van der Waals surface area contributed by atoms with Crippen molar-refractivity contribution in [1.82, 2.24) is 14.5 Å². The fourth-order valence-corrected chi connectivity index (χ4v) is 3.79. The zero-order valence-corrected chi connectivity index (χ0v) is 16.6. The van der Waals surface area contributed by atoms with Gasteiger partial charge in [0.1, 0.15) is 0 Å². The van der Waals surface area contributed by atoms with E-state index in [4.69, 9.17) is 0 Å². The van der Waals surface area contributed by atoms with Crippen molar-refractivity contribution in [2.75, 3.05) is 18.8 Å². The van der Waals surface area contributed by atoms with Gasteiger partial charge in [0.15, 0.2) is 5.16 Å². The lowest BCUT2D eigenvalue weighted by Crippen LogP contribution is -2.32. The number of hydrogen-bond donors (Lipinski definition) is 0. The number of amides is 1. The van der Waals surface area contributed by atoms with Crippen molar-refractivity contribution in [3.05, 3.63) is 33.0 Å². The molecule has 1 aromatic heterocycles. The molecule has 0 N–H and O–H groups in total. The third-order valence-electron chi connectivity index (χ3n) is 3.77. The summed E-state index contributed by atoms with van der Waals surface area (Å²) in [6.07, 6.45) is 0.832. The van der Waals surface area contributed by atoms with Crippen LogP contribution in [-0.2, 0) is 11.3 Å². The van der Waals surface area contributed by atoms with Gasteiger partial charge in [-0.2, -0.15) is 0 Å². The molecule has 130 valence electrons. The Morgan fingerprint density at radius 3 is 2.62 bits per heavy atom. The van der Waals surface area contributed by atoms with Gasteiger partial charge in [-0.15, -0.1) is 0 Å². The highest BCUT2D eigenvalue weighted by Gasteiger charge is 2.15. The number of fused-ring (bicyclic) bond motifs is 1. The van der Waals surface area contributed by atoms with Crippen LogP contribution in [-0.4, -0.2) is 39.2 Å². The minimum Gasteiger partial charge on any atom is -0.343 e. The molecule has 0 radical (unpaired) electrons. The summed E-state index contributed by atoms with van der Waals surface area (Å²) in [5.41, 5.74) is 0.606. The van der Waals surface area contributed by atoms with Crippen LogP contribution in [0.3, 0.4) is 0 Å². The molecular weight excluding hydrogens is 390 g/mol. The van der Waals surface area contributed by atoms with Gasteiger partial charge in [-0.05, 0) is 38.5 Å². The molecule has 0 atom stereocenters. The van der Waals surface area contributed by atoms with Crippen LogP contribution in [0.4, 0.5) is 0 Å². The van der Waals surface area contributed by atoms with Crippen LogP contribution in [0.5, 0.6) is 0 Å². The predicted molar refractivity (Wildman–Crippen MR) is 103 cm³/mol. The summed E-state index contributed by atoms with van der Waals surface area (Å²) in [4.78, 5) is 31.4. The number of aromatic nitrogens is 2. The van der Waals surface area contributed by atoms with Crippen molar-refractivity contribution in [1.29, 1.82) is 0 Å². The standard InChI is InChI=1S/C17H22BrN3O2S/c1-4-9-21-16(23)13-10-12(18)7-8-14(13)19-17(21)24-11-15(22)20(5-2)6-3/h7-8,10H,4-6,9,11H2,1-3H3. The molecule has 0 spiro atoms. The zero-order valence-electron chi connectivity index (χ0n) is 14.2. The number of hydrogen-bond acceptors (Lipinski definition) is 4. The van der Waals surface area contributed by atoms with Crippen LogP contribution < -0.4 is 5.56 Å². The van der Waals surface area contributed by atoms with Crippen LogP contribution in [0, 0.1) is 0 Å². The first-order valence-corrected chi connectivity index (χ1v) is 9.90. The minimum absolute atomic E-state index is 0.0547. The van der Waals surface area contributed by atoms with Gasteiger partial charge < -0.3 is 4.90 Å². The highest BCUT2D eigenvalue weighted by atomic mass is 79.9. The summed E-state index contributed by atoms with van der Waals surface area (Å²) in [6, 6.07) is 5.49. The van der Waals surface area contributed by atoms with Crippen LogP contribution >= 0.6 is 27.7 Å². The monoisotopic (exact) mass is 411 g/mol. The Kier molecular flexibility index (Phi) is 6.86. The van der Waals surface area contributed by atoms with Gasteiger partial charge in [0.25, 0.3) is 5.56 Å². The third-order valence-corrected chi connectivity index (χ3v) is 5.22. The van der Waals surface area contributed by atoms with E-state index >= 15 is 0 Å². The lowest BCUT2D eigenvalue weighted by molar-refractivity contribution is -0.127. The Labute approximate surface area is 154 Å². The second-order valence-corrected chi connectivity index (χ2v) is 7.23. The normalized spacial score (nSPS) is 11.0. The average Bonchev–Trinajstić information content (AvgIpc) is 2.57. The smallest absolute Gasteiger partial charge is 0.262 e. The van der Waals surface area contributed by atoms with E-state index in [2.05, 4.69) is 20.9 Å². The van der Waals surface area contributed by atoms with Gasteiger partial charge in [-0.1, -0.05) is 34.6 Å². The molecule has 2 rings (SSSR count). The average molecular weight is 412 g/mol. The maximum Gasteiger partial charge on any atom is 0.262 e. The Morgan fingerprint density at radius 1 is 1.29 bits per heavy atom. The van der Waals surface area contributed by atoms with Gasteiger partial charge in [0.05, 0.1) is 16.7 Å². The van der Waals surface area contributed by atoms with E-state index in [-0.39, 0.29) is 11.5 Å². The molecular formula is C17H22BrN3O2S. The Bertz CT molecular complexity index is 787. The molecule has 1 amide bonds. The number of benzene rings is 1. The minimum atomic E-state index is -0.0547. The molecule has 0 unspecified atom stereocenters. The van der Waals surface area contributed by atoms with E-state index in [0.717, 1.165) is 10.9 Å². The van der Waals surface area contributed by atoms with E-state index in [1.807, 2.05) is 32.9 Å². The third kappa shape index (κ3) is 4.19. The quantitative estimate of drug-likeness (QED) is 0.516. The van der Waals surface area contributed by atoms with Gasteiger partial charge in [-0.3, -0.25) is 14.2 Å². The molecule has 0 aliphatic rings. The molecule has 24 heavy (non-hydrogen) atoms. The van der Waals surface area contributed by atoms with E-state index in [1.54, 1.807) is 15.5 Å². The highest BCUT2D eigenvalue weighted by molar-refractivity contribution is 9.10. The molecule has 0 bridgehead atoms. The number of thioether (sulfide) groups is 1. The molecule has 0 saturated heterocycles. The van der Waals surface area contributed by atoms with Gasteiger partial charge in [0, 0.05) is 24.1 Å². The fourth-order valence-electron chi connectivity index (χ4n) is 2.50. The lowest BCUT2D eigenvalue weighted by Gasteiger charge is -2.18. The van der Waals surface area contributed by atoms with Crippen molar-refractivity contribution < 1.29 is 4.79 Å². The van der Waals surface area contributed by atoms with Crippen molar-refractivity contribution >= 4 is 44.5 Å². The molecule has 0 saturated carbocycles. The van der Waals surface area contributed by atoms with Crippen molar-refractivity contribution in [2.45, 2.75) is 38.9 Å². The first-order chi connectivity index (χ1) is 11.5. The largest absolute Gasteiger partial charge is 0.343 e. The molecule has 0 aliphatic heterocycles. The van der Waals surface area contributed by atoms with E-state index in [0.29, 0.717) is 41.4 Å². The zero-order chi connectivity index (χ0) is 17.7. The second-order valence-electron chi connectivity index (χ2n) is 5.37. The summed E-state index contributed by atoms with van der Waals surface area (Å²) >= 11 is 4.74. The van der Waals surface area contributed by atoms with Gasteiger partial charge in [-0.25, -0.2) is 4.98 Å². The second kappa shape index (κ2) is 8.67. The van der Waals surface area contributed by atoms with Crippen LogP contribution in [0.2, 0.25) is 0 Å². The van der Waals surface area contributed by atoms with Crippen molar-refractivity contribution in [3.63, 3.8) is 0 Å². The van der Waals surface area contributed by atoms with Gasteiger partial charge in [0.2, 0.25) is 5.91 Å². The predicted octanol–water partition coefficient (Wildman–Crippen LogP) is 3.53. The lowest BCUT2D eigenvalue weighted by atomic mass is 10.2. The number of nitrogens with zero attached hydrogens (tertiary/aromatic N) is 3. The van der Waals surface area contributed by atoms with Crippen LogP contribution in [0.1, 0.15) is 27.2 Å². The first kappa shape index (κ1) is 19.0. The SMILES string of the molecule is CCCn1c(SCC(=O)N(CC)CC)nc2ccc(Br)cc2c1=O. The summed E-state index contributed by atoms with van der Waals surface area (Å²) in [5.74, 6) is 0.359. The Hall–Kier alpha value is -1.34. The maximum atomic E-state index is 12.8. The van der Waals surface area contributed by atoms with E-state index in [9.17, 15) is 9.59 Å². The van der Waals surface area contributed by atoms with E-state index < -0.39 is 0 Å². The summed E-state index contributed by atoms with van der Waals surface area (Å²) in [7, 11) is 0. The highest BCUT2D eigenvalue weighted by Crippen LogP contribution is 2.21.